The molecule has 0 unspecified atom stereocenters. The monoisotopic (exact) mass is 740 g/mol. The predicted molar refractivity (Wildman–Crippen MR) is 200 cm³/mol. The van der Waals surface area contributed by atoms with Crippen molar-refractivity contribution in [2.24, 2.45) is 5.92 Å². The zero-order chi connectivity index (χ0) is 36.6. The number of hydrogen-bond donors (Lipinski definition) is 2. The number of rotatable bonds is 7. The van der Waals surface area contributed by atoms with Crippen molar-refractivity contribution >= 4 is 51.1 Å². The highest BCUT2D eigenvalue weighted by atomic mass is 35.5. The number of hydrogen-bond acceptors (Lipinski definition) is 7. The first-order valence-electron chi connectivity index (χ1n) is 17.7. The zero-order valence-electron chi connectivity index (χ0n) is 29.4. The molecule has 3 aromatic heterocycles. The van der Waals surface area contributed by atoms with Gasteiger partial charge in [0.05, 0.1) is 52.2 Å². The Balaban J connectivity index is 1.50. The minimum Gasteiger partial charge on any atom is -0.453 e. The number of nitrogens with zero attached hydrogens (tertiary/aromatic N) is 5. The van der Waals surface area contributed by atoms with E-state index in [0.717, 1.165) is 42.4 Å². The molecular formula is C40H39Cl2FN6O3. The molecule has 2 N–H and O–H groups in total. The van der Waals surface area contributed by atoms with Gasteiger partial charge in [-0.25, -0.2) is 14.2 Å². The molecule has 12 heteroatoms. The van der Waals surface area contributed by atoms with Crippen LogP contribution < -0.4 is 5.32 Å². The zero-order valence-corrected chi connectivity index (χ0v) is 30.9. The lowest BCUT2D eigenvalue weighted by Gasteiger charge is -2.39. The van der Waals surface area contributed by atoms with Gasteiger partial charge >= 0.3 is 6.09 Å². The van der Waals surface area contributed by atoms with E-state index in [-0.39, 0.29) is 59.2 Å². The molecule has 9 nitrogen and oxygen atoms in total. The molecule has 5 aromatic rings. The first kappa shape index (κ1) is 34.8. The maximum Gasteiger partial charge on any atom is 0.410 e. The highest BCUT2D eigenvalue weighted by Gasteiger charge is 2.50. The number of methoxy groups -OCH3 is 1. The van der Waals surface area contributed by atoms with E-state index in [4.69, 9.17) is 32.9 Å². The van der Waals surface area contributed by atoms with Crippen molar-refractivity contribution < 1.29 is 19.0 Å². The Labute approximate surface area is 311 Å². The van der Waals surface area contributed by atoms with Crippen LogP contribution in [-0.2, 0) is 16.8 Å². The summed E-state index contributed by atoms with van der Waals surface area (Å²) in [6.45, 7) is 6.25. The lowest BCUT2D eigenvalue weighted by molar-refractivity contribution is 0.0738. The SMILES string of the molecule is COC(=O)N1[C@H](C)CC[C@@H]1c1cc2c(-c3ccc(C(C)(C)O)nc3)nc3c(F)c(-c4cccc(Cl)c4Cl)c(CCC#N)cc3c2n1[C@H]1[C@H]2CN[C@@H]1C2. The minimum absolute atomic E-state index is 0.0342. The molecule has 0 radical (unpaired) electrons. The van der Waals surface area contributed by atoms with Crippen molar-refractivity contribution in [1.29, 1.82) is 5.26 Å². The second-order valence-electron chi connectivity index (χ2n) is 14.9. The van der Waals surface area contributed by atoms with Crippen LogP contribution in [0.15, 0.2) is 48.7 Å². The maximum absolute atomic E-state index is 17.6. The van der Waals surface area contributed by atoms with Crippen molar-refractivity contribution in [1.82, 2.24) is 24.8 Å². The molecule has 4 aliphatic rings. The number of fused-ring (bicyclic) bond motifs is 4. The molecule has 52 heavy (non-hydrogen) atoms. The first-order chi connectivity index (χ1) is 24.9. The highest BCUT2D eigenvalue weighted by Crippen LogP contribution is 2.52. The molecule has 9 rings (SSSR count). The second kappa shape index (κ2) is 13.0. The summed E-state index contributed by atoms with van der Waals surface area (Å²) in [5.41, 5.74) is 3.72. The van der Waals surface area contributed by atoms with Gasteiger partial charge in [-0.05, 0) is 88.3 Å². The van der Waals surface area contributed by atoms with Gasteiger partial charge in [0.25, 0.3) is 0 Å². The normalized spacial score (nSPS) is 22.6. The van der Waals surface area contributed by atoms with Gasteiger partial charge in [-0.15, -0.1) is 0 Å². The fraction of sp³-hybridized carbons (Fsp3) is 0.400. The summed E-state index contributed by atoms with van der Waals surface area (Å²) in [7, 11) is 1.41. The summed E-state index contributed by atoms with van der Waals surface area (Å²) in [6.07, 6.45) is 4.31. The van der Waals surface area contributed by atoms with Crippen LogP contribution >= 0.6 is 23.2 Å². The van der Waals surface area contributed by atoms with Gasteiger partial charge in [-0.1, -0.05) is 35.3 Å². The van der Waals surface area contributed by atoms with Crippen LogP contribution in [0.5, 0.6) is 0 Å². The molecule has 4 fully saturated rings. The number of nitriles is 1. The second-order valence-corrected chi connectivity index (χ2v) is 15.6. The van der Waals surface area contributed by atoms with Crippen molar-refractivity contribution in [3.8, 4) is 28.5 Å². The molecule has 5 atom stereocenters. The minimum atomic E-state index is -1.16. The molecule has 1 amide bonds. The van der Waals surface area contributed by atoms with E-state index in [1.165, 1.54) is 7.11 Å². The van der Waals surface area contributed by atoms with E-state index in [2.05, 4.69) is 27.0 Å². The molecule has 0 spiro atoms. The van der Waals surface area contributed by atoms with Gasteiger partial charge in [0.15, 0.2) is 5.82 Å². The van der Waals surface area contributed by atoms with Crippen molar-refractivity contribution in [3.05, 3.63) is 81.5 Å². The number of ether oxygens (including phenoxy) is 1. The van der Waals surface area contributed by atoms with Crippen molar-refractivity contribution in [3.63, 3.8) is 0 Å². The van der Waals surface area contributed by atoms with Gasteiger partial charge in [0, 0.05) is 64.4 Å². The number of halogens is 3. The van der Waals surface area contributed by atoms with Crippen LogP contribution in [0.4, 0.5) is 9.18 Å². The Kier molecular flexibility index (Phi) is 8.69. The summed E-state index contributed by atoms with van der Waals surface area (Å²) < 4.78 is 25.2. The lowest BCUT2D eigenvalue weighted by atomic mass is 9.79. The number of likely N-dealkylation sites (tertiary alicyclic amines) is 1. The molecule has 1 aliphatic carbocycles. The fourth-order valence-electron chi connectivity index (χ4n) is 8.75. The number of amides is 1. The Bertz CT molecular complexity index is 2280. The summed E-state index contributed by atoms with van der Waals surface area (Å²) in [4.78, 5) is 24.8. The van der Waals surface area contributed by atoms with E-state index < -0.39 is 11.4 Å². The molecule has 3 saturated heterocycles. The van der Waals surface area contributed by atoms with E-state index in [1.54, 1.807) is 44.3 Å². The predicted octanol–water partition coefficient (Wildman–Crippen LogP) is 8.87. The Morgan fingerprint density at radius 1 is 1.19 bits per heavy atom. The van der Waals surface area contributed by atoms with Gasteiger partial charge < -0.3 is 19.7 Å². The number of aromatic nitrogens is 3. The van der Waals surface area contributed by atoms with Crippen LogP contribution in [0.2, 0.25) is 10.0 Å². The number of carbonyl (C=O) groups is 1. The average molecular weight is 742 g/mol. The number of nitrogens with one attached hydrogen (secondary N) is 1. The Hall–Kier alpha value is -4.27. The van der Waals surface area contributed by atoms with E-state index in [1.807, 2.05) is 24.0 Å². The first-order valence-corrected chi connectivity index (χ1v) is 18.5. The van der Waals surface area contributed by atoms with Gasteiger partial charge in [-0.3, -0.25) is 9.88 Å². The lowest BCUT2D eigenvalue weighted by Crippen LogP contribution is -2.41. The third-order valence-electron chi connectivity index (χ3n) is 11.3. The number of aryl methyl sites for hydroxylation is 1. The van der Waals surface area contributed by atoms with Crippen LogP contribution in [-0.4, -0.2) is 56.4 Å². The number of pyridine rings is 2. The largest absolute Gasteiger partial charge is 0.453 e. The molecule has 1 saturated carbocycles. The molecular weight excluding hydrogens is 702 g/mol. The molecule has 3 aliphatic heterocycles. The van der Waals surface area contributed by atoms with Crippen LogP contribution in [0.3, 0.4) is 0 Å². The van der Waals surface area contributed by atoms with E-state index in [0.29, 0.717) is 44.4 Å². The smallest absolute Gasteiger partial charge is 0.410 e. The van der Waals surface area contributed by atoms with Crippen molar-refractivity contribution in [2.45, 2.75) is 82.6 Å². The molecule has 268 valence electrons. The maximum atomic E-state index is 17.6. The van der Waals surface area contributed by atoms with Gasteiger partial charge in [0.2, 0.25) is 0 Å². The van der Waals surface area contributed by atoms with Crippen LogP contribution in [0.1, 0.15) is 75.5 Å². The summed E-state index contributed by atoms with van der Waals surface area (Å²) in [5, 5.41) is 25.9. The van der Waals surface area contributed by atoms with E-state index >= 15 is 4.39 Å². The summed E-state index contributed by atoms with van der Waals surface area (Å²) in [6, 6.07) is 15.0. The van der Waals surface area contributed by atoms with Gasteiger partial charge in [-0.2, -0.15) is 5.26 Å². The quantitative estimate of drug-likeness (QED) is 0.171. The average Bonchev–Trinajstić information content (AvgIpc) is 3.92. The van der Waals surface area contributed by atoms with Crippen molar-refractivity contribution in [2.75, 3.05) is 13.7 Å². The number of carbonyl (C=O) groups excluding carboxylic acids is 1. The van der Waals surface area contributed by atoms with Gasteiger partial charge in [0.1, 0.15) is 11.1 Å². The molecule has 2 aromatic carbocycles. The van der Waals surface area contributed by atoms with Crippen LogP contribution in [0, 0.1) is 23.1 Å². The van der Waals surface area contributed by atoms with Crippen LogP contribution in [0.25, 0.3) is 44.2 Å². The fourth-order valence-corrected chi connectivity index (χ4v) is 9.15. The third kappa shape index (κ3) is 5.44. The standard InChI is InChI=1S/C40H39Cl2FN6O3/c1-20-10-12-29(48(20)39(50)52-4)30-17-26-35(22-11-13-31(46-18-22)40(2,3)51)47-36-25(38(26)49(30)37-23-16-28(37)45-19-23)15-21(7-6-14-44)32(34(36)43)24-8-5-9-27(41)33(24)42/h5,8-9,11,13,15,17-18,20,23,28-29,37,45,51H,6-7,10,12,16,19H2,1-4H3/t20-,23-,28-,29-,37+/m1/s1. The summed E-state index contributed by atoms with van der Waals surface area (Å²) >= 11 is 13.2. The molecule has 2 bridgehead atoms. The third-order valence-corrected chi connectivity index (χ3v) is 12.1. The summed E-state index contributed by atoms with van der Waals surface area (Å²) in [5.74, 6) is -0.204. The number of benzene rings is 2. The Morgan fingerprint density at radius 3 is 2.65 bits per heavy atom. The topological polar surface area (TPSA) is 116 Å². The molecule has 6 heterocycles. The Morgan fingerprint density at radius 2 is 2.00 bits per heavy atom. The highest BCUT2D eigenvalue weighted by molar-refractivity contribution is 6.43. The number of aliphatic hydroxyl groups is 1. The van der Waals surface area contributed by atoms with E-state index in [9.17, 15) is 15.2 Å².